The van der Waals surface area contributed by atoms with Gasteiger partial charge in [0, 0.05) is 35.7 Å². The second kappa shape index (κ2) is 9.45. The molecule has 6 nitrogen and oxygen atoms in total. The summed E-state index contributed by atoms with van der Waals surface area (Å²) >= 11 is 0. The van der Waals surface area contributed by atoms with Crippen LogP contribution < -0.4 is 10.1 Å². The van der Waals surface area contributed by atoms with E-state index in [4.69, 9.17) is 4.74 Å². The number of phenolic OH excluding ortho intramolecular Hbond substituents is 1. The molecule has 184 valence electrons. The lowest BCUT2D eigenvalue weighted by molar-refractivity contribution is 0.116. The Morgan fingerprint density at radius 3 is 2.47 bits per heavy atom. The molecule has 1 aromatic heterocycles. The molecule has 1 saturated carbocycles. The van der Waals surface area contributed by atoms with Crippen molar-refractivity contribution in [2.24, 2.45) is 0 Å². The molecule has 36 heavy (non-hydrogen) atoms. The SMILES string of the molecule is COc1cc(-c2ccc(-c3n[nH]c4c3Cc3cc(CN[C@H]5CC[C@H](O)CC5)ccc3-4)cc2)ccc1O. The van der Waals surface area contributed by atoms with Gasteiger partial charge in [0.25, 0.3) is 0 Å². The Morgan fingerprint density at radius 2 is 1.69 bits per heavy atom. The number of aromatic amines is 1. The van der Waals surface area contributed by atoms with E-state index >= 15 is 0 Å². The van der Waals surface area contributed by atoms with Crippen LogP contribution in [0.5, 0.6) is 11.5 Å². The Labute approximate surface area is 211 Å². The monoisotopic (exact) mass is 481 g/mol. The quantitative estimate of drug-likeness (QED) is 0.260. The zero-order valence-corrected chi connectivity index (χ0v) is 20.4. The smallest absolute Gasteiger partial charge is 0.161 e. The average molecular weight is 482 g/mol. The van der Waals surface area contributed by atoms with Crippen LogP contribution in [0.3, 0.4) is 0 Å². The predicted octanol–water partition coefficient (Wildman–Crippen LogP) is 5.42. The summed E-state index contributed by atoms with van der Waals surface area (Å²) in [4.78, 5) is 0. The van der Waals surface area contributed by atoms with Crippen molar-refractivity contribution >= 4 is 0 Å². The highest BCUT2D eigenvalue weighted by molar-refractivity contribution is 5.82. The number of aromatic hydroxyl groups is 1. The molecular formula is C30H31N3O3. The number of benzene rings is 3. The molecule has 2 aliphatic rings. The summed E-state index contributed by atoms with van der Waals surface area (Å²) in [5.41, 5.74) is 10.4. The number of H-pyrrole nitrogens is 1. The van der Waals surface area contributed by atoms with Crippen molar-refractivity contribution in [2.75, 3.05) is 7.11 Å². The van der Waals surface area contributed by atoms with E-state index in [1.807, 2.05) is 12.1 Å². The molecule has 0 bridgehead atoms. The molecule has 3 aromatic carbocycles. The molecule has 0 saturated heterocycles. The Hall–Kier alpha value is -3.61. The van der Waals surface area contributed by atoms with Gasteiger partial charge in [-0.15, -0.1) is 0 Å². The van der Waals surface area contributed by atoms with E-state index in [2.05, 4.69) is 58.0 Å². The van der Waals surface area contributed by atoms with Crippen LogP contribution in [0.2, 0.25) is 0 Å². The number of nitrogens with zero attached hydrogens (tertiary/aromatic N) is 1. The highest BCUT2D eigenvalue weighted by Crippen LogP contribution is 2.41. The van der Waals surface area contributed by atoms with Crippen molar-refractivity contribution in [3.8, 4) is 45.1 Å². The summed E-state index contributed by atoms with van der Waals surface area (Å²) in [5.74, 6) is 0.601. The fourth-order valence-electron chi connectivity index (χ4n) is 5.56. The van der Waals surface area contributed by atoms with Crippen molar-refractivity contribution in [1.82, 2.24) is 15.5 Å². The van der Waals surface area contributed by atoms with Crippen molar-refractivity contribution in [1.29, 1.82) is 0 Å². The summed E-state index contributed by atoms with van der Waals surface area (Å²) in [5, 5.41) is 31.2. The van der Waals surface area contributed by atoms with Gasteiger partial charge in [0.15, 0.2) is 11.5 Å². The van der Waals surface area contributed by atoms with E-state index in [0.717, 1.165) is 66.7 Å². The van der Waals surface area contributed by atoms with Crippen LogP contribution in [0, 0.1) is 0 Å². The average Bonchev–Trinajstić information content (AvgIpc) is 3.48. The molecule has 0 amide bonds. The summed E-state index contributed by atoms with van der Waals surface area (Å²) in [6.07, 6.45) is 4.64. The fraction of sp³-hybridized carbons (Fsp3) is 0.300. The second-order valence-corrected chi connectivity index (χ2v) is 9.94. The van der Waals surface area contributed by atoms with Gasteiger partial charge in [-0.1, -0.05) is 48.5 Å². The first kappa shape index (κ1) is 22.8. The number of rotatable bonds is 6. The first-order valence-electron chi connectivity index (χ1n) is 12.7. The number of hydrogen-bond acceptors (Lipinski definition) is 5. The lowest BCUT2D eigenvalue weighted by Crippen LogP contribution is -2.34. The zero-order chi connectivity index (χ0) is 24.6. The van der Waals surface area contributed by atoms with Gasteiger partial charge < -0.3 is 20.3 Å². The first-order valence-corrected chi connectivity index (χ1v) is 12.7. The van der Waals surface area contributed by atoms with Gasteiger partial charge in [0.2, 0.25) is 0 Å². The number of methoxy groups -OCH3 is 1. The summed E-state index contributed by atoms with van der Waals surface area (Å²) < 4.78 is 5.25. The molecule has 1 heterocycles. The third kappa shape index (κ3) is 4.27. The Kier molecular flexibility index (Phi) is 5.99. The number of fused-ring (bicyclic) bond motifs is 3. The fourth-order valence-corrected chi connectivity index (χ4v) is 5.56. The molecule has 0 aliphatic heterocycles. The van der Waals surface area contributed by atoms with Crippen LogP contribution in [0.15, 0.2) is 60.7 Å². The molecule has 0 atom stereocenters. The van der Waals surface area contributed by atoms with Crippen LogP contribution in [0.4, 0.5) is 0 Å². The Bertz CT molecular complexity index is 1390. The van der Waals surface area contributed by atoms with Crippen LogP contribution in [-0.2, 0) is 13.0 Å². The van der Waals surface area contributed by atoms with Crippen LogP contribution >= 0.6 is 0 Å². The van der Waals surface area contributed by atoms with E-state index < -0.39 is 0 Å². The summed E-state index contributed by atoms with van der Waals surface area (Å²) in [7, 11) is 1.56. The van der Waals surface area contributed by atoms with E-state index in [1.165, 1.54) is 22.3 Å². The number of phenols is 1. The second-order valence-electron chi connectivity index (χ2n) is 9.94. The number of aliphatic hydroxyl groups is 1. The number of ether oxygens (including phenoxy) is 1. The highest BCUT2D eigenvalue weighted by atomic mass is 16.5. The molecule has 6 rings (SSSR count). The number of hydrogen-bond donors (Lipinski definition) is 4. The van der Waals surface area contributed by atoms with Gasteiger partial charge in [-0.3, -0.25) is 5.10 Å². The highest BCUT2D eigenvalue weighted by Gasteiger charge is 2.25. The third-order valence-electron chi connectivity index (χ3n) is 7.64. The number of aromatic nitrogens is 2. The molecule has 2 aliphatic carbocycles. The number of nitrogens with one attached hydrogen (secondary N) is 2. The van der Waals surface area contributed by atoms with Gasteiger partial charge in [0.05, 0.1) is 24.6 Å². The zero-order valence-electron chi connectivity index (χ0n) is 20.4. The van der Waals surface area contributed by atoms with Gasteiger partial charge in [-0.05, 0) is 60.1 Å². The van der Waals surface area contributed by atoms with Crippen LogP contribution in [0.25, 0.3) is 33.6 Å². The van der Waals surface area contributed by atoms with Crippen molar-refractivity contribution < 1.29 is 14.9 Å². The third-order valence-corrected chi connectivity index (χ3v) is 7.64. The molecule has 4 aromatic rings. The summed E-state index contributed by atoms with van der Waals surface area (Å²) in [6.45, 7) is 0.858. The van der Waals surface area contributed by atoms with E-state index in [0.29, 0.717) is 11.8 Å². The van der Waals surface area contributed by atoms with Crippen molar-refractivity contribution in [3.05, 3.63) is 77.4 Å². The molecule has 0 radical (unpaired) electrons. The maximum atomic E-state index is 9.88. The topological polar surface area (TPSA) is 90.4 Å². The molecular weight excluding hydrogens is 450 g/mol. The lowest BCUT2D eigenvalue weighted by Gasteiger charge is -2.26. The lowest BCUT2D eigenvalue weighted by atomic mass is 9.93. The minimum absolute atomic E-state index is 0.118. The minimum Gasteiger partial charge on any atom is -0.504 e. The van der Waals surface area contributed by atoms with E-state index in [9.17, 15) is 10.2 Å². The Balaban J connectivity index is 1.18. The first-order chi connectivity index (χ1) is 17.6. The maximum Gasteiger partial charge on any atom is 0.161 e. The molecule has 4 N–H and O–H groups in total. The van der Waals surface area contributed by atoms with Gasteiger partial charge >= 0.3 is 0 Å². The van der Waals surface area contributed by atoms with Gasteiger partial charge in [-0.2, -0.15) is 5.10 Å². The molecule has 1 fully saturated rings. The Morgan fingerprint density at radius 1 is 0.944 bits per heavy atom. The summed E-state index contributed by atoms with van der Waals surface area (Å²) in [6, 6.07) is 21.0. The van der Waals surface area contributed by atoms with E-state index in [-0.39, 0.29) is 11.9 Å². The van der Waals surface area contributed by atoms with Crippen LogP contribution in [-0.4, -0.2) is 39.7 Å². The van der Waals surface area contributed by atoms with Crippen LogP contribution in [0.1, 0.15) is 42.4 Å². The van der Waals surface area contributed by atoms with E-state index in [1.54, 1.807) is 13.2 Å². The standard InChI is InChI=1S/C30H31N3O3/c1-36-28-16-21(7-13-27(28)35)19-3-5-20(6-4-19)29-26-15-22-14-18(2-12-25(22)30(26)33-32-29)17-31-23-8-10-24(34)11-9-23/h2-7,12-14,16,23-24,31,34-35H,8-11,15,17H2,1H3,(H,32,33)/t23-,24-. The minimum atomic E-state index is -0.118. The predicted molar refractivity (Wildman–Crippen MR) is 141 cm³/mol. The van der Waals surface area contributed by atoms with Gasteiger partial charge in [-0.25, -0.2) is 0 Å². The van der Waals surface area contributed by atoms with Crippen molar-refractivity contribution in [3.63, 3.8) is 0 Å². The normalized spacial score (nSPS) is 18.6. The maximum absolute atomic E-state index is 9.88. The number of aliphatic hydroxyl groups excluding tert-OH is 1. The molecule has 6 heteroatoms. The van der Waals surface area contributed by atoms with Crippen molar-refractivity contribution in [2.45, 2.75) is 50.8 Å². The molecule has 0 unspecified atom stereocenters. The molecule has 0 spiro atoms. The van der Waals surface area contributed by atoms with Gasteiger partial charge in [0.1, 0.15) is 0 Å². The largest absolute Gasteiger partial charge is 0.504 e.